The molecule has 0 saturated carbocycles. The third kappa shape index (κ3) is 2.57. The number of aromatic hydroxyl groups is 1. The van der Waals surface area contributed by atoms with Crippen LogP contribution < -0.4 is 0 Å². The smallest absolute Gasteiger partial charge is 0.340 e. The molecule has 3 rings (SSSR count). The molecular weight excluding hydrogens is 280 g/mol. The fraction of sp³-hybridized carbons (Fsp3) is 0.471. The highest BCUT2D eigenvalue weighted by Crippen LogP contribution is 2.30. The molecule has 0 atom stereocenters. The molecule has 2 heterocycles. The van der Waals surface area contributed by atoms with Gasteiger partial charge in [-0.3, -0.25) is 4.90 Å². The Balaban J connectivity index is 2.12. The van der Waals surface area contributed by atoms with Crippen LogP contribution in [-0.4, -0.2) is 40.2 Å². The second-order valence-electron chi connectivity index (χ2n) is 5.79. The van der Waals surface area contributed by atoms with E-state index in [2.05, 4.69) is 4.90 Å². The standard InChI is InChI=1S/C17H22N2O3/c1-3-22-17(21)16-13-10-12(20)6-7-14(13)18(2)15(16)11-19-8-4-5-9-19/h6-7,10,20H,3-5,8-9,11H2,1-2H3. The number of hydrogen-bond acceptors (Lipinski definition) is 4. The summed E-state index contributed by atoms with van der Waals surface area (Å²) >= 11 is 0. The summed E-state index contributed by atoms with van der Waals surface area (Å²) in [5.74, 6) is -0.149. The molecule has 1 fully saturated rings. The number of hydrogen-bond donors (Lipinski definition) is 1. The predicted octanol–water partition coefficient (Wildman–Crippen LogP) is 2.66. The number of fused-ring (bicyclic) bond motifs is 1. The molecule has 0 aliphatic carbocycles. The van der Waals surface area contributed by atoms with Crippen LogP contribution in [0.4, 0.5) is 0 Å². The maximum atomic E-state index is 12.4. The van der Waals surface area contributed by atoms with Crippen molar-refractivity contribution in [1.29, 1.82) is 0 Å². The Kier molecular flexibility index (Phi) is 4.07. The van der Waals surface area contributed by atoms with Gasteiger partial charge in [0.05, 0.1) is 12.2 Å². The van der Waals surface area contributed by atoms with Crippen molar-refractivity contribution in [2.24, 2.45) is 7.05 Å². The number of aryl methyl sites for hydroxylation is 1. The summed E-state index contributed by atoms with van der Waals surface area (Å²) in [4.78, 5) is 14.8. The molecule has 5 heteroatoms. The first-order valence-electron chi connectivity index (χ1n) is 7.81. The molecule has 0 unspecified atom stereocenters. The third-order valence-electron chi connectivity index (χ3n) is 4.36. The van der Waals surface area contributed by atoms with Crippen molar-refractivity contribution in [3.05, 3.63) is 29.5 Å². The number of phenolic OH excluding ortho intramolecular Hbond substituents is 1. The van der Waals surface area contributed by atoms with E-state index >= 15 is 0 Å². The van der Waals surface area contributed by atoms with Crippen LogP contribution in [0.5, 0.6) is 5.75 Å². The molecule has 5 nitrogen and oxygen atoms in total. The zero-order valence-electron chi connectivity index (χ0n) is 13.1. The van der Waals surface area contributed by atoms with Gasteiger partial charge in [0.2, 0.25) is 0 Å². The Hall–Kier alpha value is -2.01. The molecule has 1 saturated heterocycles. The summed E-state index contributed by atoms with van der Waals surface area (Å²) in [5.41, 5.74) is 2.48. The molecule has 1 aromatic carbocycles. The summed E-state index contributed by atoms with van der Waals surface area (Å²) in [5, 5.41) is 10.5. The van der Waals surface area contributed by atoms with Crippen LogP contribution in [0.1, 0.15) is 35.8 Å². The lowest BCUT2D eigenvalue weighted by Crippen LogP contribution is -2.22. The molecule has 118 valence electrons. The van der Waals surface area contributed by atoms with E-state index in [1.165, 1.54) is 12.8 Å². The van der Waals surface area contributed by atoms with E-state index in [0.29, 0.717) is 12.2 Å². The molecule has 0 bridgehead atoms. The molecule has 0 radical (unpaired) electrons. The maximum Gasteiger partial charge on any atom is 0.340 e. The Morgan fingerprint density at radius 1 is 1.32 bits per heavy atom. The molecule has 2 aromatic rings. The first kappa shape index (κ1) is 14.9. The minimum Gasteiger partial charge on any atom is -0.508 e. The number of nitrogens with zero attached hydrogens (tertiary/aromatic N) is 2. The second kappa shape index (κ2) is 6.01. The third-order valence-corrected chi connectivity index (χ3v) is 4.36. The van der Waals surface area contributed by atoms with E-state index in [1.807, 2.05) is 17.7 Å². The van der Waals surface area contributed by atoms with Crippen LogP contribution >= 0.6 is 0 Å². The number of carbonyl (C=O) groups is 1. The van der Waals surface area contributed by atoms with Gasteiger partial charge >= 0.3 is 5.97 Å². The van der Waals surface area contributed by atoms with Gasteiger partial charge in [-0.05, 0) is 51.1 Å². The summed E-state index contributed by atoms with van der Waals surface area (Å²) in [6.45, 7) is 5.02. The van der Waals surface area contributed by atoms with Crippen molar-refractivity contribution in [2.45, 2.75) is 26.3 Å². The summed E-state index contributed by atoms with van der Waals surface area (Å²) in [7, 11) is 1.97. The van der Waals surface area contributed by atoms with E-state index in [-0.39, 0.29) is 11.7 Å². The Bertz CT molecular complexity index is 699. The van der Waals surface area contributed by atoms with E-state index in [4.69, 9.17) is 4.74 Å². The fourth-order valence-corrected chi connectivity index (χ4v) is 3.25. The average Bonchev–Trinajstić information content (AvgIpc) is 3.07. The zero-order valence-corrected chi connectivity index (χ0v) is 13.1. The van der Waals surface area contributed by atoms with E-state index < -0.39 is 0 Å². The molecule has 0 spiro atoms. The minimum absolute atomic E-state index is 0.163. The van der Waals surface area contributed by atoms with E-state index in [1.54, 1.807) is 19.1 Å². The molecule has 1 aromatic heterocycles. The van der Waals surface area contributed by atoms with Gasteiger partial charge in [-0.15, -0.1) is 0 Å². The highest BCUT2D eigenvalue weighted by molar-refractivity contribution is 6.06. The molecular formula is C17H22N2O3. The lowest BCUT2D eigenvalue weighted by atomic mass is 10.1. The average molecular weight is 302 g/mol. The minimum atomic E-state index is -0.312. The van der Waals surface area contributed by atoms with Gasteiger partial charge in [-0.2, -0.15) is 0 Å². The number of benzene rings is 1. The van der Waals surface area contributed by atoms with Crippen molar-refractivity contribution in [3.63, 3.8) is 0 Å². The topological polar surface area (TPSA) is 54.7 Å². The summed E-state index contributed by atoms with van der Waals surface area (Å²) in [6, 6.07) is 5.15. The quantitative estimate of drug-likeness (QED) is 0.882. The first-order chi connectivity index (χ1) is 10.6. The van der Waals surface area contributed by atoms with Crippen molar-refractivity contribution >= 4 is 16.9 Å². The first-order valence-corrected chi connectivity index (χ1v) is 7.81. The molecule has 1 N–H and O–H groups in total. The number of esters is 1. The lowest BCUT2D eigenvalue weighted by Gasteiger charge is -2.16. The summed E-state index contributed by atoms with van der Waals surface area (Å²) < 4.78 is 7.28. The second-order valence-corrected chi connectivity index (χ2v) is 5.79. The number of rotatable bonds is 4. The van der Waals surface area contributed by atoms with Gasteiger partial charge in [0.15, 0.2) is 0 Å². The number of likely N-dealkylation sites (tertiary alicyclic amines) is 1. The monoisotopic (exact) mass is 302 g/mol. The highest BCUT2D eigenvalue weighted by atomic mass is 16.5. The number of aromatic nitrogens is 1. The maximum absolute atomic E-state index is 12.4. The SMILES string of the molecule is CCOC(=O)c1c(CN2CCCC2)n(C)c2ccc(O)cc12. The van der Waals surface area contributed by atoms with Gasteiger partial charge < -0.3 is 14.4 Å². The fourth-order valence-electron chi connectivity index (χ4n) is 3.25. The number of ether oxygens (including phenoxy) is 1. The number of phenols is 1. The van der Waals surface area contributed by atoms with Crippen LogP contribution in [0.15, 0.2) is 18.2 Å². The summed E-state index contributed by atoms with van der Waals surface area (Å²) in [6.07, 6.45) is 2.42. The van der Waals surface area contributed by atoms with Crippen molar-refractivity contribution in [2.75, 3.05) is 19.7 Å². The highest BCUT2D eigenvalue weighted by Gasteiger charge is 2.24. The molecule has 0 amide bonds. The van der Waals surface area contributed by atoms with Gasteiger partial charge in [0.25, 0.3) is 0 Å². The van der Waals surface area contributed by atoms with Crippen molar-refractivity contribution < 1.29 is 14.6 Å². The van der Waals surface area contributed by atoms with E-state index in [0.717, 1.165) is 36.2 Å². The largest absolute Gasteiger partial charge is 0.508 e. The Morgan fingerprint density at radius 2 is 2.05 bits per heavy atom. The van der Waals surface area contributed by atoms with Gasteiger partial charge in [-0.25, -0.2) is 4.79 Å². The van der Waals surface area contributed by atoms with Crippen molar-refractivity contribution in [3.8, 4) is 5.75 Å². The zero-order chi connectivity index (χ0) is 15.7. The van der Waals surface area contributed by atoms with Crippen LogP contribution in [0.2, 0.25) is 0 Å². The van der Waals surface area contributed by atoms with Crippen LogP contribution in [0.3, 0.4) is 0 Å². The van der Waals surface area contributed by atoms with Gasteiger partial charge in [0, 0.05) is 30.2 Å². The number of carbonyl (C=O) groups excluding carboxylic acids is 1. The van der Waals surface area contributed by atoms with Gasteiger partial charge in [0.1, 0.15) is 5.75 Å². The molecule has 1 aliphatic heterocycles. The Labute approximate surface area is 130 Å². The lowest BCUT2D eigenvalue weighted by molar-refractivity contribution is 0.0526. The Morgan fingerprint density at radius 3 is 2.73 bits per heavy atom. The predicted molar refractivity (Wildman–Crippen MR) is 85.1 cm³/mol. The normalized spacial score (nSPS) is 15.5. The van der Waals surface area contributed by atoms with Crippen LogP contribution in [0.25, 0.3) is 10.9 Å². The molecule has 1 aliphatic rings. The van der Waals surface area contributed by atoms with Crippen molar-refractivity contribution in [1.82, 2.24) is 9.47 Å². The van der Waals surface area contributed by atoms with Gasteiger partial charge in [-0.1, -0.05) is 0 Å². The molecule has 22 heavy (non-hydrogen) atoms. The van der Waals surface area contributed by atoms with Crippen LogP contribution in [-0.2, 0) is 18.3 Å². The van der Waals surface area contributed by atoms with Crippen LogP contribution in [0, 0.1) is 0 Å². The van der Waals surface area contributed by atoms with E-state index in [9.17, 15) is 9.90 Å².